The molecule has 10 heavy (non-hydrogen) atoms. The molecule has 0 bridgehead atoms. The highest BCUT2D eigenvalue weighted by Crippen LogP contribution is 1.90. The molecule has 0 radical (unpaired) electrons. The maximum Gasteiger partial charge on any atom is 0.194 e. The van der Waals surface area contributed by atoms with Crippen molar-refractivity contribution in [1.82, 2.24) is 0 Å². The Hall–Kier alpha value is -0.490. The quantitative estimate of drug-likeness (QED) is 0.329. The predicted octanol–water partition coefficient (Wildman–Crippen LogP) is -2.74. The van der Waals surface area contributed by atoms with Crippen LogP contribution < -0.4 is 0 Å². The van der Waals surface area contributed by atoms with E-state index in [1.165, 1.54) is 0 Å². The molecular weight excluding hydrogens is 144 g/mol. The van der Waals surface area contributed by atoms with Crippen LogP contribution in [0.2, 0.25) is 0 Å². The van der Waals surface area contributed by atoms with E-state index >= 15 is 0 Å². The van der Waals surface area contributed by atoms with Crippen molar-refractivity contribution in [2.75, 3.05) is 13.2 Å². The molecule has 0 saturated carbocycles. The van der Waals surface area contributed by atoms with Crippen LogP contribution in [0, 0.1) is 0 Å². The number of rotatable bonds is 4. The van der Waals surface area contributed by atoms with Gasteiger partial charge >= 0.3 is 0 Å². The Balaban J connectivity index is 3.82. The Labute approximate surface area is 57.5 Å². The van der Waals surface area contributed by atoms with Crippen LogP contribution in [-0.4, -0.2) is 51.6 Å². The number of Topliss-reactive ketones (excluding diaryl/α,β-unsaturated/α-hetero) is 1. The largest absolute Gasteiger partial charge is 0.393 e. The lowest BCUT2D eigenvalue weighted by molar-refractivity contribution is -0.139. The molecule has 0 aliphatic heterocycles. The second kappa shape index (κ2) is 4.35. The van der Waals surface area contributed by atoms with Crippen LogP contribution in [0.4, 0.5) is 0 Å². The maximum absolute atomic E-state index is 10.5. The molecule has 2 atom stereocenters. The molecule has 0 saturated heterocycles. The fraction of sp³-hybridized carbons (Fsp3) is 0.800. The number of aliphatic hydroxyl groups excluding tert-OH is 4. The molecule has 0 aliphatic carbocycles. The summed E-state index contributed by atoms with van der Waals surface area (Å²) in [6.07, 6.45) is -3.19. The first kappa shape index (κ1) is 9.51. The summed E-state index contributed by atoms with van der Waals surface area (Å²) in [6, 6.07) is 0. The minimum atomic E-state index is -1.60. The fourth-order valence-electron chi connectivity index (χ4n) is 0.402. The zero-order valence-corrected chi connectivity index (χ0v) is 5.27. The van der Waals surface area contributed by atoms with E-state index in [2.05, 4.69) is 0 Å². The SMILES string of the molecule is O=[13C]([13C@H](O)[13CH2]O)[13C@@H](O)CO. The van der Waals surface area contributed by atoms with Gasteiger partial charge in [0.1, 0.15) is 12.2 Å². The van der Waals surface area contributed by atoms with Gasteiger partial charge in [0.2, 0.25) is 0 Å². The van der Waals surface area contributed by atoms with Gasteiger partial charge in [-0.1, -0.05) is 0 Å². The molecule has 0 aromatic heterocycles. The van der Waals surface area contributed by atoms with Crippen LogP contribution in [0.1, 0.15) is 0 Å². The summed E-state index contributed by atoms with van der Waals surface area (Å²) in [4.78, 5) is 10.5. The van der Waals surface area contributed by atoms with Gasteiger partial charge in [-0.3, -0.25) is 4.79 Å². The molecule has 5 heteroatoms. The summed E-state index contributed by atoms with van der Waals surface area (Å²) in [5.41, 5.74) is 0. The molecule has 4 N–H and O–H groups in total. The highest BCUT2D eigenvalue weighted by atomic mass is 16.5. The van der Waals surface area contributed by atoms with E-state index in [1.54, 1.807) is 0 Å². The lowest BCUT2D eigenvalue weighted by Gasteiger charge is -2.08. The van der Waals surface area contributed by atoms with Gasteiger partial charge < -0.3 is 20.4 Å². The Morgan fingerprint density at radius 3 is 1.60 bits per heavy atom. The van der Waals surface area contributed by atoms with E-state index in [4.69, 9.17) is 20.4 Å². The van der Waals surface area contributed by atoms with Crippen molar-refractivity contribution in [2.45, 2.75) is 12.2 Å². The molecule has 0 heterocycles. The van der Waals surface area contributed by atoms with Gasteiger partial charge in [0.05, 0.1) is 13.2 Å². The highest BCUT2D eigenvalue weighted by molar-refractivity contribution is 5.87. The first-order valence-corrected chi connectivity index (χ1v) is 2.75. The van der Waals surface area contributed by atoms with E-state index in [0.717, 1.165) is 0 Å². The summed E-state index contributed by atoms with van der Waals surface area (Å²) >= 11 is 0. The molecule has 0 spiro atoms. The van der Waals surface area contributed by atoms with E-state index in [-0.39, 0.29) is 0 Å². The van der Waals surface area contributed by atoms with Crippen molar-refractivity contribution >= 4 is 5.78 Å². The van der Waals surface area contributed by atoms with Crippen LogP contribution in [0.3, 0.4) is 0 Å². The normalized spacial score (nSPS) is 16.4. The monoisotopic (exact) mass is 154 g/mol. The Bertz CT molecular complexity index is 101. The predicted molar refractivity (Wildman–Crippen MR) is 31.2 cm³/mol. The smallest absolute Gasteiger partial charge is 0.194 e. The maximum atomic E-state index is 10.5. The molecule has 0 aromatic rings. The third-order valence-electron chi connectivity index (χ3n) is 1.00. The number of ketones is 1. The van der Waals surface area contributed by atoms with E-state index in [1.807, 2.05) is 0 Å². The van der Waals surface area contributed by atoms with Gasteiger partial charge in [-0.15, -0.1) is 0 Å². The summed E-state index contributed by atoms with van der Waals surface area (Å²) in [5.74, 6) is -0.968. The number of hydrogen-bond donors (Lipinski definition) is 4. The molecule has 0 aliphatic rings. The zero-order valence-electron chi connectivity index (χ0n) is 5.27. The lowest BCUT2D eigenvalue weighted by Crippen LogP contribution is -2.36. The Morgan fingerprint density at radius 1 is 1.10 bits per heavy atom. The summed E-state index contributed by atoms with van der Waals surface area (Å²) in [6.45, 7) is -1.48. The molecule has 60 valence electrons. The van der Waals surface area contributed by atoms with Crippen LogP contribution in [0.15, 0.2) is 0 Å². The van der Waals surface area contributed by atoms with Gasteiger partial charge in [-0.25, -0.2) is 0 Å². The standard InChI is InChI=1S/C5H10O5/c6-1-3(8)5(10)4(9)2-7/h3-4,6-9H,1-2H2/t3-,4+/i1+1,3+1,4+1,5+1/m1/s1. The highest BCUT2D eigenvalue weighted by Gasteiger charge is 2.21. The number of hydrogen-bond acceptors (Lipinski definition) is 5. The topological polar surface area (TPSA) is 98.0 Å². The molecule has 0 aromatic carbocycles. The van der Waals surface area contributed by atoms with Crippen molar-refractivity contribution in [1.29, 1.82) is 0 Å². The van der Waals surface area contributed by atoms with Gasteiger partial charge in [0.15, 0.2) is 5.78 Å². The Kier molecular flexibility index (Phi) is 4.13. The van der Waals surface area contributed by atoms with E-state index < -0.39 is 31.2 Å². The van der Waals surface area contributed by atoms with Crippen molar-refractivity contribution in [2.24, 2.45) is 0 Å². The summed E-state index contributed by atoms with van der Waals surface area (Å²) in [7, 11) is 0. The molecule has 0 rings (SSSR count). The molecule has 0 fully saturated rings. The number of carbonyl (C=O) groups excluding carboxylic acids is 1. The van der Waals surface area contributed by atoms with Crippen molar-refractivity contribution in [3.05, 3.63) is 0 Å². The van der Waals surface area contributed by atoms with E-state index in [0.29, 0.717) is 0 Å². The second-order valence-corrected chi connectivity index (χ2v) is 1.80. The van der Waals surface area contributed by atoms with Crippen LogP contribution in [-0.2, 0) is 4.79 Å². The first-order valence-electron chi connectivity index (χ1n) is 2.75. The molecular formula is C5H10O5. The van der Waals surface area contributed by atoms with Crippen LogP contribution in [0.25, 0.3) is 0 Å². The first-order chi connectivity index (χ1) is 4.63. The second-order valence-electron chi connectivity index (χ2n) is 1.80. The Morgan fingerprint density at radius 2 is 1.40 bits per heavy atom. The molecule has 0 amide bonds. The zero-order chi connectivity index (χ0) is 8.15. The average Bonchev–Trinajstić information content (AvgIpc) is 2.00. The van der Waals surface area contributed by atoms with Crippen molar-refractivity contribution in [3.63, 3.8) is 0 Å². The fourth-order valence-corrected chi connectivity index (χ4v) is 0.402. The number of carbonyl (C=O) groups is 1. The van der Waals surface area contributed by atoms with Gasteiger partial charge in [0.25, 0.3) is 0 Å². The van der Waals surface area contributed by atoms with Crippen LogP contribution in [0.5, 0.6) is 0 Å². The third kappa shape index (κ3) is 2.40. The lowest BCUT2D eigenvalue weighted by atomic mass is 10.9. The molecule has 5 nitrogen and oxygen atoms in total. The minimum Gasteiger partial charge on any atom is -0.393 e. The van der Waals surface area contributed by atoms with E-state index in [9.17, 15) is 4.79 Å². The molecule has 0 unspecified atom stereocenters. The van der Waals surface area contributed by atoms with Crippen LogP contribution >= 0.6 is 0 Å². The third-order valence-corrected chi connectivity index (χ3v) is 1.00. The average molecular weight is 154 g/mol. The van der Waals surface area contributed by atoms with Gasteiger partial charge in [-0.2, -0.15) is 0 Å². The minimum absolute atomic E-state index is 0.740. The summed E-state index contributed by atoms with van der Waals surface area (Å²) in [5, 5.41) is 33.5. The van der Waals surface area contributed by atoms with Gasteiger partial charge in [0, 0.05) is 0 Å². The number of aliphatic hydroxyl groups is 4. The van der Waals surface area contributed by atoms with Gasteiger partial charge in [-0.05, 0) is 0 Å². The summed E-state index contributed by atoms with van der Waals surface area (Å²) < 4.78 is 0. The van der Waals surface area contributed by atoms with Crippen molar-refractivity contribution in [3.8, 4) is 0 Å². The van der Waals surface area contributed by atoms with Crippen molar-refractivity contribution < 1.29 is 25.2 Å².